The lowest BCUT2D eigenvalue weighted by Crippen LogP contribution is -2.30. The van der Waals surface area contributed by atoms with Crippen molar-refractivity contribution in [3.05, 3.63) is 83.5 Å². The Bertz CT molecular complexity index is 991. The van der Waals surface area contributed by atoms with Crippen molar-refractivity contribution in [3.8, 4) is 0 Å². The van der Waals surface area contributed by atoms with Gasteiger partial charge in [0, 0.05) is 38.4 Å². The number of carboxylic acid groups (broad SMARTS) is 1. The molecule has 6 nitrogen and oxygen atoms in total. The Balaban J connectivity index is 1.88. The molecule has 1 heterocycles. The maximum Gasteiger partial charge on any atom is 0.303 e. The highest BCUT2D eigenvalue weighted by molar-refractivity contribution is 8.26. The molecule has 32 heavy (non-hydrogen) atoms. The Kier molecular flexibility index (Phi) is 8.08. The predicted octanol–water partition coefficient (Wildman–Crippen LogP) is 4.71. The van der Waals surface area contributed by atoms with Crippen LogP contribution < -0.4 is 9.80 Å². The topological polar surface area (TPSA) is 64.1 Å². The number of carbonyl (C=O) groups excluding carboxylic acids is 1. The zero-order valence-electron chi connectivity index (χ0n) is 18.0. The third kappa shape index (κ3) is 5.77. The normalized spacial score (nSPS) is 14.6. The molecule has 0 bridgehead atoms. The van der Waals surface area contributed by atoms with E-state index in [9.17, 15) is 9.59 Å². The molecule has 1 fully saturated rings. The number of benzene rings is 2. The first-order chi connectivity index (χ1) is 15.4. The van der Waals surface area contributed by atoms with Crippen LogP contribution in [-0.4, -0.2) is 46.8 Å². The molecule has 0 atom stereocenters. The number of aliphatic carboxylic acids is 1. The maximum absolute atomic E-state index is 12.8. The van der Waals surface area contributed by atoms with Crippen molar-refractivity contribution in [2.24, 2.45) is 0 Å². The Morgan fingerprint density at radius 3 is 2.06 bits per heavy atom. The third-order valence-electron chi connectivity index (χ3n) is 5.00. The molecule has 0 saturated carbocycles. The molecule has 166 valence electrons. The summed E-state index contributed by atoms with van der Waals surface area (Å²) in [6, 6.07) is 20.0. The lowest BCUT2D eigenvalue weighted by Gasteiger charge is -2.31. The van der Waals surface area contributed by atoms with Gasteiger partial charge < -0.3 is 14.9 Å². The minimum absolute atomic E-state index is 0.00387. The molecule has 1 aliphatic heterocycles. The Hall–Kier alpha value is -3.10. The average molecular weight is 468 g/mol. The first kappa shape index (κ1) is 23.6. The van der Waals surface area contributed by atoms with Gasteiger partial charge in [0.1, 0.15) is 10.1 Å². The molecule has 8 heteroatoms. The number of thioether (sulfide) groups is 1. The summed E-state index contributed by atoms with van der Waals surface area (Å²) < 4.78 is 0.453. The van der Waals surface area contributed by atoms with E-state index in [2.05, 4.69) is 9.80 Å². The van der Waals surface area contributed by atoms with Crippen molar-refractivity contribution < 1.29 is 14.7 Å². The van der Waals surface area contributed by atoms with Gasteiger partial charge in [-0.1, -0.05) is 60.4 Å². The van der Waals surface area contributed by atoms with Crippen LogP contribution in [0, 0.1) is 0 Å². The summed E-state index contributed by atoms with van der Waals surface area (Å²) in [4.78, 5) is 29.7. The monoisotopic (exact) mass is 467 g/mol. The van der Waals surface area contributed by atoms with E-state index >= 15 is 0 Å². The van der Waals surface area contributed by atoms with Crippen molar-refractivity contribution in [1.82, 2.24) is 4.90 Å². The number of carboxylic acids is 1. The third-order valence-corrected chi connectivity index (χ3v) is 6.40. The van der Waals surface area contributed by atoms with E-state index in [1.807, 2.05) is 80.8 Å². The van der Waals surface area contributed by atoms with Gasteiger partial charge in [-0.25, -0.2) is 0 Å². The van der Waals surface area contributed by atoms with Crippen LogP contribution in [0.3, 0.4) is 0 Å². The maximum atomic E-state index is 12.8. The van der Waals surface area contributed by atoms with Crippen LogP contribution in [0.4, 0.5) is 11.4 Å². The van der Waals surface area contributed by atoms with Gasteiger partial charge in [0.05, 0.1) is 4.91 Å². The molecule has 2 aromatic carbocycles. The fraction of sp³-hybridized carbons (Fsp3) is 0.208. The predicted molar refractivity (Wildman–Crippen MR) is 135 cm³/mol. The highest BCUT2D eigenvalue weighted by Gasteiger charge is 2.31. The molecule has 2 aromatic rings. The van der Waals surface area contributed by atoms with Gasteiger partial charge in [0.15, 0.2) is 0 Å². The summed E-state index contributed by atoms with van der Waals surface area (Å²) in [5, 5.41) is 8.84. The molecule has 0 radical (unpaired) electrons. The Morgan fingerprint density at radius 1 is 1.03 bits per heavy atom. The number of thiocarbonyl (C=S) groups is 1. The molecule has 1 aliphatic rings. The lowest BCUT2D eigenvalue weighted by molar-refractivity contribution is -0.137. The highest BCUT2D eigenvalue weighted by atomic mass is 32.2. The second kappa shape index (κ2) is 11.0. The number of anilines is 2. The van der Waals surface area contributed by atoms with Crippen LogP contribution >= 0.6 is 24.0 Å². The standard InChI is InChI=1S/C24H25N3O3S2/c1-25(18-10-5-3-6-11-18)21(26(2)19-12-7-4-8-13-19)16-15-20-23(30)27(24(31)32-20)17-9-14-22(28)29/h3-8,10-13,15-16H,9,14,17H2,1-2H3,(H,28,29)/b20-15-. The number of carbonyl (C=O) groups is 2. The van der Waals surface area contributed by atoms with E-state index in [0.29, 0.717) is 22.2 Å². The number of amides is 1. The Labute approximate surface area is 197 Å². The molecular weight excluding hydrogens is 442 g/mol. The quantitative estimate of drug-likeness (QED) is 0.423. The first-order valence-corrected chi connectivity index (χ1v) is 11.4. The number of para-hydroxylation sites is 2. The number of rotatable bonds is 9. The summed E-state index contributed by atoms with van der Waals surface area (Å²) in [7, 11) is 3.96. The summed E-state index contributed by atoms with van der Waals surface area (Å²) in [6.07, 6.45) is 4.06. The summed E-state index contributed by atoms with van der Waals surface area (Å²) in [5.74, 6) is -0.198. The van der Waals surface area contributed by atoms with Crippen LogP contribution in [0.15, 0.2) is 83.5 Å². The van der Waals surface area contributed by atoms with E-state index in [1.54, 1.807) is 6.08 Å². The second-order valence-corrected chi connectivity index (χ2v) is 8.84. The SMILES string of the molecule is CN(C(=C/C=C1\SC(=S)N(CCCC(=O)O)C1=O)N(C)c1ccccc1)c1ccccc1. The van der Waals surface area contributed by atoms with Crippen LogP contribution in [0.1, 0.15) is 12.8 Å². The van der Waals surface area contributed by atoms with E-state index in [-0.39, 0.29) is 12.3 Å². The van der Waals surface area contributed by atoms with E-state index in [4.69, 9.17) is 17.3 Å². The van der Waals surface area contributed by atoms with Crippen LogP contribution in [-0.2, 0) is 9.59 Å². The molecule has 1 amide bonds. The van der Waals surface area contributed by atoms with Gasteiger partial charge in [-0.05, 0) is 42.8 Å². The number of hydrogen-bond donors (Lipinski definition) is 1. The summed E-state index contributed by atoms with van der Waals surface area (Å²) >= 11 is 6.59. The minimum Gasteiger partial charge on any atom is -0.481 e. The van der Waals surface area contributed by atoms with Gasteiger partial charge in [-0.2, -0.15) is 0 Å². The van der Waals surface area contributed by atoms with Gasteiger partial charge in [0.25, 0.3) is 5.91 Å². The van der Waals surface area contributed by atoms with Crippen molar-refractivity contribution in [2.75, 3.05) is 30.4 Å². The number of allylic oxidation sites excluding steroid dienone is 2. The highest BCUT2D eigenvalue weighted by Crippen LogP contribution is 2.32. The molecule has 0 spiro atoms. The van der Waals surface area contributed by atoms with Crippen molar-refractivity contribution in [1.29, 1.82) is 0 Å². The van der Waals surface area contributed by atoms with Crippen LogP contribution in [0.5, 0.6) is 0 Å². The van der Waals surface area contributed by atoms with Gasteiger partial charge in [-0.3, -0.25) is 14.5 Å². The number of hydrogen-bond acceptors (Lipinski definition) is 6. The summed E-state index contributed by atoms with van der Waals surface area (Å²) in [6.45, 7) is 0.304. The zero-order valence-corrected chi connectivity index (χ0v) is 19.6. The smallest absolute Gasteiger partial charge is 0.303 e. The largest absolute Gasteiger partial charge is 0.481 e. The molecule has 0 aromatic heterocycles. The Morgan fingerprint density at radius 2 is 1.56 bits per heavy atom. The average Bonchev–Trinajstić information content (AvgIpc) is 3.07. The lowest BCUT2D eigenvalue weighted by atomic mass is 10.2. The molecule has 0 unspecified atom stereocenters. The molecular formula is C24H25N3O3S2. The molecule has 1 saturated heterocycles. The molecule has 0 aliphatic carbocycles. The van der Waals surface area contributed by atoms with Crippen LogP contribution in [0.2, 0.25) is 0 Å². The van der Waals surface area contributed by atoms with Crippen molar-refractivity contribution >= 4 is 51.6 Å². The van der Waals surface area contributed by atoms with Gasteiger partial charge in [-0.15, -0.1) is 0 Å². The zero-order chi connectivity index (χ0) is 23.1. The number of nitrogens with zero attached hydrogens (tertiary/aromatic N) is 3. The van der Waals surface area contributed by atoms with Crippen molar-refractivity contribution in [3.63, 3.8) is 0 Å². The van der Waals surface area contributed by atoms with E-state index in [0.717, 1.165) is 17.2 Å². The summed E-state index contributed by atoms with van der Waals surface area (Å²) in [5.41, 5.74) is 2.02. The van der Waals surface area contributed by atoms with Crippen molar-refractivity contribution in [2.45, 2.75) is 12.8 Å². The minimum atomic E-state index is -0.883. The van der Waals surface area contributed by atoms with Gasteiger partial charge in [0.2, 0.25) is 0 Å². The molecule has 1 N–H and O–H groups in total. The van der Waals surface area contributed by atoms with Gasteiger partial charge >= 0.3 is 5.97 Å². The van der Waals surface area contributed by atoms with E-state index in [1.165, 1.54) is 16.7 Å². The fourth-order valence-electron chi connectivity index (χ4n) is 3.26. The fourth-order valence-corrected chi connectivity index (χ4v) is 4.51. The van der Waals surface area contributed by atoms with E-state index < -0.39 is 5.97 Å². The van der Waals surface area contributed by atoms with Crippen LogP contribution in [0.25, 0.3) is 0 Å². The molecule has 3 rings (SSSR count). The first-order valence-electron chi connectivity index (χ1n) is 10.1. The second-order valence-electron chi connectivity index (χ2n) is 7.17.